The second-order valence-corrected chi connectivity index (χ2v) is 4.06. The van der Waals surface area contributed by atoms with Gasteiger partial charge in [-0.1, -0.05) is 0 Å². The zero-order valence-corrected chi connectivity index (χ0v) is 10.7. The molecule has 0 aromatic carbocycles. The molecule has 1 heterocycles. The number of rotatable bonds is 7. The van der Waals surface area contributed by atoms with Gasteiger partial charge in [-0.15, -0.1) is 0 Å². The highest BCUT2D eigenvalue weighted by atomic mass is 16.5. The molecule has 0 radical (unpaired) electrons. The van der Waals surface area contributed by atoms with E-state index in [1.54, 1.807) is 7.05 Å². The van der Waals surface area contributed by atoms with Crippen LogP contribution in [0.1, 0.15) is 26.2 Å². The molecule has 0 amide bonds. The van der Waals surface area contributed by atoms with Crippen LogP contribution in [0.5, 0.6) is 0 Å². The first-order valence-electron chi connectivity index (χ1n) is 6.31. The minimum Gasteiger partial charge on any atom is -0.465 e. The van der Waals surface area contributed by atoms with Crippen LogP contribution in [0.4, 0.5) is 0 Å². The van der Waals surface area contributed by atoms with Gasteiger partial charge in [-0.25, -0.2) is 0 Å². The molecule has 0 bridgehead atoms. The fourth-order valence-electron chi connectivity index (χ4n) is 1.82. The molecule has 5 nitrogen and oxygen atoms in total. The van der Waals surface area contributed by atoms with E-state index in [-0.39, 0.29) is 18.1 Å². The first kappa shape index (κ1) is 14.4. The van der Waals surface area contributed by atoms with E-state index in [1.165, 1.54) is 0 Å². The van der Waals surface area contributed by atoms with E-state index in [0.717, 1.165) is 26.1 Å². The summed E-state index contributed by atoms with van der Waals surface area (Å²) in [4.78, 5) is 11.5. The second-order valence-electron chi connectivity index (χ2n) is 4.06. The Labute approximate surface area is 103 Å². The molecular formula is C12H23NO4. The SMILES string of the molecule is CCOC(=O)C(CCOC1CCOCC1)NC. The third kappa shape index (κ3) is 5.48. The van der Waals surface area contributed by atoms with Crippen molar-refractivity contribution in [1.29, 1.82) is 0 Å². The Balaban J connectivity index is 2.16. The summed E-state index contributed by atoms with van der Waals surface area (Å²) in [7, 11) is 1.76. The van der Waals surface area contributed by atoms with E-state index in [2.05, 4.69) is 5.32 Å². The molecule has 0 spiro atoms. The topological polar surface area (TPSA) is 56.8 Å². The van der Waals surface area contributed by atoms with Gasteiger partial charge in [0.2, 0.25) is 0 Å². The van der Waals surface area contributed by atoms with Crippen LogP contribution in [-0.2, 0) is 19.0 Å². The summed E-state index contributed by atoms with van der Waals surface area (Å²) >= 11 is 0. The molecule has 1 fully saturated rings. The molecule has 1 saturated heterocycles. The van der Waals surface area contributed by atoms with Gasteiger partial charge in [-0.3, -0.25) is 4.79 Å². The van der Waals surface area contributed by atoms with Crippen molar-refractivity contribution in [2.24, 2.45) is 0 Å². The van der Waals surface area contributed by atoms with E-state index in [9.17, 15) is 4.79 Å². The lowest BCUT2D eigenvalue weighted by molar-refractivity contribution is -0.146. The van der Waals surface area contributed by atoms with Crippen molar-refractivity contribution in [3.63, 3.8) is 0 Å². The second kappa shape index (κ2) is 8.44. The van der Waals surface area contributed by atoms with E-state index in [0.29, 0.717) is 19.6 Å². The van der Waals surface area contributed by atoms with Gasteiger partial charge in [-0.2, -0.15) is 0 Å². The molecule has 0 aliphatic carbocycles. The normalized spacial score (nSPS) is 18.9. The summed E-state index contributed by atoms with van der Waals surface area (Å²) < 4.78 is 15.9. The van der Waals surface area contributed by atoms with Crippen molar-refractivity contribution in [3.05, 3.63) is 0 Å². The Morgan fingerprint density at radius 3 is 2.76 bits per heavy atom. The van der Waals surface area contributed by atoms with E-state index < -0.39 is 0 Å². The average molecular weight is 245 g/mol. The van der Waals surface area contributed by atoms with Gasteiger partial charge >= 0.3 is 5.97 Å². The molecule has 1 aliphatic rings. The third-order valence-corrected chi connectivity index (χ3v) is 2.85. The minimum atomic E-state index is -0.269. The van der Waals surface area contributed by atoms with Crippen molar-refractivity contribution in [2.45, 2.75) is 38.3 Å². The van der Waals surface area contributed by atoms with Gasteiger partial charge < -0.3 is 19.5 Å². The van der Waals surface area contributed by atoms with Crippen LogP contribution in [-0.4, -0.2) is 51.6 Å². The van der Waals surface area contributed by atoms with Crippen LogP contribution in [0.2, 0.25) is 0 Å². The summed E-state index contributed by atoms with van der Waals surface area (Å²) in [6, 6.07) is -0.269. The maximum Gasteiger partial charge on any atom is 0.323 e. The fourth-order valence-corrected chi connectivity index (χ4v) is 1.82. The molecule has 1 aliphatic heterocycles. The summed E-state index contributed by atoms with van der Waals surface area (Å²) in [5.41, 5.74) is 0. The van der Waals surface area contributed by atoms with Crippen molar-refractivity contribution in [3.8, 4) is 0 Å². The lowest BCUT2D eigenvalue weighted by atomic mass is 10.1. The molecule has 1 rings (SSSR count). The van der Waals surface area contributed by atoms with Gasteiger partial charge in [0, 0.05) is 19.8 Å². The Morgan fingerprint density at radius 2 is 2.18 bits per heavy atom. The standard InChI is InChI=1S/C12H23NO4/c1-3-16-12(14)11(13-2)6-9-17-10-4-7-15-8-5-10/h10-11,13H,3-9H2,1-2H3. The quantitative estimate of drug-likeness (QED) is 0.670. The van der Waals surface area contributed by atoms with Gasteiger partial charge in [0.1, 0.15) is 6.04 Å². The number of hydrogen-bond acceptors (Lipinski definition) is 5. The number of carbonyl (C=O) groups excluding carboxylic acids is 1. The number of carbonyl (C=O) groups is 1. The molecule has 0 saturated carbocycles. The Kier molecular flexibility index (Phi) is 7.16. The largest absolute Gasteiger partial charge is 0.465 e. The molecule has 1 atom stereocenters. The van der Waals surface area contributed by atoms with E-state index >= 15 is 0 Å². The zero-order valence-electron chi connectivity index (χ0n) is 10.7. The van der Waals surface area contributed by atoms with Crippen LogP contribution >= 0.6 is 0 Å². The van der Waals surface area contributed by atoms with Crippen molar-refractivity contribution in [1.82, 2.24) is 5.32 Å². The summed E-state index contributed by atoms with van der Waals surface area (Å²) in [5.74, 6) is -0.203. The Hall–Kier alpha value is -0.650. The summed E-state index contributed by atoms with van der Waals surface area (Å²) in [5, 5.41) is 2.95. The first-order chi connectivity index (χ1) is 8.27. The van der Waals surface area contributed by atoms with Crippen LogP contribution < -0.4 is 5.32 Å². The molecule has 17 heavy (non-hydrogen) atoms. The van der Waals surface area contributed by atoms with Gasteiger partial charge in [0.25, 0.3) is 0 Å². The average Bonchev–Trinajstić information content (AvgIpc) is 2.36. The van der Waals surface area contributed by atoms with Gasteiger partial charge in [-0.05, 0) is 33.2 Å². The Morgan fingerprint density at radius 1 is 1.47 bits per heavy atom. The van der Waals surface area contributed by atoms with Crippen molar-refractivity contribution >= 4 is 5.97 Å². The molecule has 100 valence electrons. The minimum absolute atomic E-state index is 0.203. The molecular weight excluding hydrogens is 222 g/mol. The lowest BCUT2D eigenvalue weighted by Gasteiger charge is -2.23. The predicted molar refractivity (Wildman–Crippen MR) is 63.9 cm³/mol. The summed E-state index contributed by atoms with van der Waals surface area (Å²) in [6.45, 7) is 4.35. The number of ether oxygens (including phenoxy) is 3. The van der Waals surface area contributed by atoms with Gasteiger partial charge in [0.05, 0.1) is 12.7 Å². The zero-order chi connectivity index (χ0) is 12.5. The smallest absolute Gasteiger partial charge is 0.323 e. The molecule has 5 heteroatoms. The highest BCUT2D eigenvalue weighted by molar-refractivity contribution is 5.75. The molecule has 1 N–H and O–H groups in total. The van der Waals surface area contributed by atoms with E-state index in [1.807, 2.05) is 6.92 Å². The van der Waals surface area contributed by atoms with Crippen LogP contribution in [0.15, 0.2) is 0 Å². The van der Waals surface area contributed by atoms with Crippen LogP contribution in [0.25, 0.3) is 0 Å². The molecule has 0 aromatic rings. The van der Waals surface area contributed by atoms with Crippen LogP contribution in [0, 0.1) is 0 Å². The van der Waals surface area contributed by atoms with Crippen molar-refractivity contribution < 1.29 is 19.0 Å². The lowest BCUT2D eigenvalue weighted by Crippen LogP contribution is -2.37. The highest BCUT2D eigenvalue weighted by Crippen LogP contribution is 2.11. The fraction of sp³-hybridized carbons (Fsp3) is 0.917. The maximum atomic E-state index is 11.5. The number of esters is 1. The highest BCUT2D eigenvalue weighted by Gasteiger charge is 2.19. The van der Waals surface area contributed by atoms with Crippen molar-refractivity contribution in [2.75, 3.05) is 33.5 Å². The summed E-state index contributed by atoms with van der Waals surface area (Å²) in [6.07, 6.45) is 2.82. The first-order valence-corrected chi connectivity index (χ1v) is 6.31. The van der Waals surface area contributed by atoms with Gasteiger partial charge in [0.15, 0.2) is 0 Å². The monoisotopic (exact) mass is 245 g/mol. The number of hydrogen-bond donors (Lipinski definition) is 1. The number of nitrogens with one attached hydrogen (secondary N) is 1. The third-order valence-electron chi connectivity index (χ3n) is 2.85. The Bertz CT molecular complexity index is 217. The predicted octanol–water partition coefficient (Wildman–Crippen LogP) is 0.723. The molecule has 1 unspecified atom stereocenters. The maximum absolute atomic E-state index is 11.5. The van der Waals surface area contributed by atoms with Crippen LogP contribution in [0.3, 0.4) is 0 Å². The van der Waals surface area contributed by atoms with E-state index in [4.69, 9.17) is 14.2 Å². The molecule has 0 aromatic heterocycles. The number of likely N-dealkylation sites (N-methyl/N-ethyl adjacent to an activating group) is 1.